The molecule has 1 aromatic heterocycles. The molecule has 0 radical (unpaired) electrons. The maximum absolute atomic E-state index is 13.1. The maximum atomic E-state index is 13.1. The van der Waals surface area contributed by atoms with Crippen molar-refractivity contribution in [2.24, 2.45) is 0 Å². The van der Waals surface area contributed by atoms with E-state index in [9.17, 15) is 4.39 Å². The Morgan fingerprint density at radius 1 is 1.12 bits per heavy atom. The van der Waals surface area contributed by atoms with Crippen molar-refractivity contribution in [1.82, 2.24) is 14.8 Å². The van der Waals surface area contributed by atoms with Crippen LogP contribution in [0.4, 0.5) is 4.39 Å². The van der Waals surface area contributed by atoms with Crippen LogP contribution in [0.1, 0.15) is 12.5 Å². The van der Waals surface area contributed by atoms with Crippen molar-refractivity contribution in [2.75, 3.05) is 0 Å². The van der Waals surface area contributed by atoms with E-state index in [1.54, 1.807) is 6.07 Å². The third kappa shape index (κ3) is 3.74. The first-order valence-corrected chi connectivity index (χ1v) is 9.08. The van der Waals surface area contributed by atoms with Crippen molar-refractivity contribution in [3.63, 3.8) is 0 Å². The highest BCUT2D eigenvalue weighted by Gasteiger charge is 2.14. The minimum absolute atomic E-state index is 0.339. The SMILES string of the molecule is CCn1c(SCc2ccc(F)cc2Cl)nnc1-c1cccc(Cl)c1. The number of hydrogen-bond acceptors (Lipinski definition) is 3. The number of hydrogen-bond donors (Lipinski definition) is 0. The molecule has 3 nitrogen and oxygen atoms in total. The van der Waals surface area contributed by atoms with Crippen molar-refractivity contribution in [2.45, 2.75) is 24.4 Å². The lowest BCUT2D eigenvalue weighted by atomic mass is 10.2. The van der Waals surface area contributed by atoms with E-state index >= 15 is 0 Å². The lowest BCUT2D eigenvalue weighted by molar-refractivity contribution is 0.627. The monoisotopic (exact) mass is 381 g/mol. The first-order chi connectivity index (χ1) is 11.6. The van der Waals surface area contributed by atoms with Gasteiger partial charge in [-0.3, -0.25) is 0 Å². The summed E-state index contributed by atoms with van der Waals surface area (Å²) in [6.45, 7) is 2.76. The van der Waals surface area contributed by atoms with Gasteiger partial charge in [0.15, 0.2) is 11.0 Å². The van der Waals surface area contributed by atoms with Crippen LogP contribution in [-0.4, -0.2) is 14.8 Å². The Balaban J connectivity index is 1.84. The van der Waals surface area contributed by atoms with Crippen LogP contribution >= 0.6 is 35.0 Å². The molecule has 0 aliphatic heterocycles. The molecule has 0 bridgehead atoms. The third-order valence-electron chi connectivity index (χ3n) is 3.49. The average Bonchev–Trinajstić information content (AvgIpc) is 2.97. The number of thioether (sulfide) groups is 1. The van der Waals surface area contributed by atoms with Gasteiger partial charge < -0.3 is 4.57 Å². The molecule has 2 aromatic carbocycles. The number of benzene rings is 2. The van der Waals surface area contributed by atoms with E-state index in [-0.39, 0.29) is 5.82 Å². The van der Waals surface area contributed by atoms with Crippen LogP contribution in [0.5, 0.6) is 0 Å². The number of rotatable bonds is 5. The molecule has 0 fully saturated rings. The Morgan fingerprint density at radius 3 is 2.67 bits per heavy atom. The summed E-state index contributed by atoms with van der Waals surface area (Å²) in [5, 5.41) is 10.4. The second-order valence-electron chi connectivity index (χ2n) is 5.09. The molecule has 0 saturated carbocycles. The molecular weight excluding hydrogens is 368 g/mol. The minimum Gasteiger partial charge on any atom is -0.302 e. The van der Waals surface area contributed by atoms with Crippen molar-refractivity contribution in [1.29, 1.82) is 0 Å². The van der Waals surface area contributed by atoms with E-state index in [1.165, 1.54) is 23.9 Å². The van der Waals surface area contributed by atoms with E-state index in [0.29, 0.717) is 15.8 Å². The van der Waals surface area contributed by atoms with Crippen LogP contribution in [0, 0.1) is 5.82 Å². The highest BCUT2D eigenvalue weighted by atomic mass is 35.5. The zero-order valence-corrected chi connectivity index (χ0v) is 15.2. The van der Waals surface area contributed by atoms with E-state index in [0.717, 1.165) is 28.7 Å². The largest absolute Gasteiger partial charge is 0.302 e. The topological polar surface area (TPSA) is 30.7 Å². The van der Waals surface area contributed by atoms with Gasteiger partial charge in [-0.2, -0.15) is 0 Å². The lowest BCUT2D eigenvalue weighted by Gasteiger charge is -2.08. The molecule has 7 heteroatoms. The second kappa shape index (κ2) is 7.55. The Bertz CT molecular complexity index is 867. The summed E-state index contributed by atoms with van der Waals surface area (Å²) in [5.41, 5.74) is 1.78. The highest BCUT2D eigenvalue weighted by Crippen LogP contribution is 2.29. The average molecular weight is 382 g/mol. The van der Waals surface area contributed by atoms with Gasteiger partial charge in [-0.25, -0.2) is 4.39 Å². The van der Waals surface area contributed by atoms with Gasteiger partial charge in [-0.05, 0) is 36.8 Å². The molecule has 0 unspecified atom stereocenters. The number of nitrogens with zero attached hydrogens (tertiary/aromatic N) is 3. The molecule has 3 rings (SSSR count). The van der Waals surface area contributed by atoms with Crippen molar-refractivity contribution in [3.8, 4) is 11.4 Å². The van der Waals surface area contributed by atoms with Gasteiger partial charge >= 0.3 is 0 Å². The van der Waals surface area contributed by atoms with Crippen LogP contribution in [0.15, 0.2) is 47.6 Å². The summed E-state index contributed by atoms with van der Waals surface area (Å²) < 4.78 is 15.1. The summed E-state index contributed by atoms with van der Waals surface area (Å²) >= 11 is 13.7. The standard InChI is InChI=1S/C17H14Cl2FN3S/c1-2-23-16(11-4-3-5-13(18)8-11)21-22-17(23)24-10-12-6-7-14(20)9-15(12)19/h3-9H,2,10H2,1H3. The highest BCUT2D eigenvalue weighted by molar-refractivity contribution is 7.98. The summed E-state index contributed by atoms with van der Waals surface area (Å²) in [7, 11) is 0. The predicted octanol–water partition coefficient (Wildman–Crippen LogP) is 5.70. The van der Waals surface area contributed by atoms with Gasteiger partial charge in [0, 0.05) is 27.9 Å². The van der Waals surface area contributed by atoms with Gasteiger partial charge in [-0.15, -0.1) is 10.2 Å². The molecule has 1 heterocycles. The molecule has 0 saturated heterocycles. The fraction of sp³-hybridized carbons (Fsp3) is 0.176. The number of aromatic nitrogens is 3. The first kappa shape index (κ1) is 17.3. The van der Waals surface area contributed by atoms with E-state index in [2.05, 4.69) is 10.2 Å². The van der Waals surface area contributed by atoms with E-state index in [4.69, 9.17) is 23.2 Å². The third-order valence-corrected chi connectivity index (χ3v) is 5.09. The maximum Gasteiger partial charge on any atom is 0.191 e. The molecule has 0 spiro atoms. The first-order valence-electron chi connectivity index (χ1n) is 7.34. The Hall–Kier alpha value is -1.56. The summed E-state index contributed by atoms with van der Waals surface area (Å²) in [6.07, 6.45) is 0. The summed E-state index contributed by atoms with van der Waals surface area (Å²) in [5.74, 6) is 1.02. The Kier molecular flexibility index (Phi) is 5.43. The number of halogens is 3. The van der Waals surface area contributed by atoms with Crippen molar-refractivity contribution >= 4 is 35.0 Å². The second-order valence-corrected chi connectivity index (χ2v) is 6.87. The van der Waals surface area contributed by atoms with E-state index in [1.807, 2.05) is 35.8 Å². The van der Waals surface area contributed by atoms with Gasteiger partial charge in [0.1, 0.15) is 5.82 Å². The minimum atomic E-state index is -0.339. The zero-order valence-electron chi connectivity index (χ0n) is 12.8. The molecule has 3 aromatic rings. The fourth-order valence-electron chi connectivity index (χ4n) is 2.30. The molecule has 24 heavy (non-hydrogen) atoms. The van der Waals surface area contributed by atoms with Gasteiger partial charge in [0.25, 0.3) is 0 Å². The molecular formula is C17H14Cl2FN3S. The van der Waals surface area contributed by atoms with Crippen LogP contribution in [0.3, 0.4) is 0 Å². The molecule has 0 aliphatic carbocycles. The summed E-state index contributed by atoms with van der Waals surface area (Å²) in [6, 6.07) is 11.9. The van der Waals surface area contributed by atoms with Gasteiger partial charge in [0.05, 0.1) is 0 Å². The summed E-state index contributed by atoms with van der Waals surface area (Å²) in [4.78, 5) is 0. The smallest absolute Gasteiger partial charge is 0.191 e. The fourth-order valence-corrected chi connectivity index (χ4v) is 3.81. The van der Waals surface area contributed by atoms with Gasteiger partial charge in [0.2, 0.25) is 0 Å². The Labute approximate surface area is 153 Å². The quantitative estimate of drug-likeness (QED) is 0.530. The van der Waals surface area contributed by atoms with Gasteiger partial charge in [-0.1, -0.05) is 53.2 Å². The van der Waals surface area contributed by atoms with Crippen LogP contribution in [-0.2, 0) is 12.3 Å². The van der Waals surface area contributed by atoms with Crippen molar-refractivity contribution in [3.05, 3.63) is 63.9 Å². The van der Waals surface area contributed by atoms with E-state index < -0.39 is 0 Å². The Morgan fingerprint density at radius 2 is 1.96 bits per heavy atom. The van der Waals surface area contributed by atoms with Crippen LogP contribution in [0.25, 0.3) is 11.4 Å². The molecule has 0 atom stereocenters. The molecule has 0 amide bonds. The van der Waals surface area contributed by atoms with Crippen LogP contribution in [0.2, 0.25) is 10.0 Å². The molecule has 0 aliphatic rings. The van der Waals surface area contributed by atoms with Crippen molar-refractivity contribution < 1.29 is 4.39 Å². The normalized spacial score (nSPS) is 11.0. The lowest BCUT2D eigenvalue weighted by Crippen LogP contribution is -2.00. The molecule has 124 valence electrons. The predicted molar refractivity (Wildman–Crippen MR) is 97.1 cm³/mol. The van der Waals surface area contributed by atoms with Crippen LogP contribution < -0.4 is 0 Å². The molecule has 0 N–H and O–H groups in total. The zero-order chi connectivity index (χ0) is 17.1.